The number of non-ortho nitro benzene ring substituents is 1. The summed E-state index contributed by atoms with van der Waals surface area (Å²) in [6, 6.07) is 14.9. The van der Waals surface area contributed by atoms with Crippen LogP contribution in [0, 0.1) is 10.1 Å². The second-order valence-corrected chi connectivity index (χ2v) is 4.56. The van der Waals surface area contributed by atoms with E-state index >= 15 is 0 Å². The van der Waals surface area contributed by atoms with Crippen molar-refractivity contribution in [2.24, 2.45) is 0 Å². The molecule has 5 heteroatoms. The molecule has 0 atom stereocenters. The molecule has 0 aliphatic rings. The molecule has 0 N–H and O–H groups in total. The molecule has 0 spiro atoms. The second kappa shape index (κ2) is 5.46. The highest BCUT2D eigenvalue weighted by Gasteiger charge is 2.11. The third-order valence-corrected chi connectivity index (χ3v) is 3.16. The summed E-state index contributed by atoms with van der Waals surface area (Å²) in [5, 5.41) is 10.5. The highest BCUT2D eigenvalue weighted by Crippen LogP contribution is 2.25. The fourth-order valence-electron chi connectivity index (χ4n) is 1.40. The van der Waals surface area contributed by atoms with Gasteiger partial charge in [-0.1, -0.05) is 36.4 Å². The van der Waals surface area contributed by atoms with Crippen LogP contribution in [0.25, 0.3) is 0 Å². The maximum atomic E-state index is 11.9. The van der Waals surface area contributed by atoms with Crippen LogP contribution in [0.15, 0.2) is 59.5 Å². The third-order valence-electron chi connectivity index (χ3n) is 2.25. The van der Waals surface area contributed by atoms with E-state index in [1.165, 1.54) is 12.1 Å². The van der Waals surface area contributed by atoms with Crippen LogP contribution in [0.5, 0.6) is 0 Å². The van der Waals surface area contributed by atoms with E-state index in [2.05, 4.69) is 0 Å². The monoisotopic (exact) mass is 259 g/mol. The number of rotatable bonds is 3. The quantitative estimate of drug-likeness (QED) is 0.480. The molecule has 0 fully saturated rings. The summed E-state index contributed by atoms with van der Waals surface area (Å²) in [6.07, 6.45) is 0. The van der Waals surface area contributed by atoms with Crippen molar-refractivity contribution in [2.75, 3.05) is 0 Å². The van der Waals surface area contributed by atoms with Gasteiger partial charge in [-0.15, -0.1) is 0 Å². The number of carbonyl (C=O) groups excluding carboxylic acids is 1. The van der Waals surface area contributed by atoms with Gasteiger partial charge in [0, 0.05) is 22.6 Å². The lowest BCUT2D eigenvalue weighted by Crippen LogP contribution is -1.93. The zero-order valence-electron chi connectivity index (χ0n) is 9.28. The van der Waals surface area contributed by atoms with Gasteiger partial charge in [0.05, 0.1) is 4.92 Å². The van der Waals surface area contributed by atoms with Crippen molar-refractivity contribution in [3.05, 3.63) is 70.3 Å². The van der Waals surface area contributed by atoms with E-state index in [1.807, 2.05) is 6.07 Å². The standard InChI is InChI=1S/C13H9NO3S/c15-13(10-5-2-1-3-6-10)18-12-8-4-7-11(9-12)14(16)17/h1-9H. The van der Waals surface area contributed by atoms with Gasteiger partial charge in [0.2, 0.25) is 5.12 Å². The Balaban J connectivity index is 2.17. The van der Waals surface area contributed by atoms with Gasteiger partial charge in [0.25, 0.3) is 5.69 Å². The molecule has 2 aromatic rings. The molecule has 18 heavy (non-hydrogen) atoms. The Bertz CT molecular complexity index is 584. The van der Waals surface area contributed by atoms with Crippen LogP contribution >= 0.6 is 11.8 Å². The summed E-state index contributed by atoms with van der Waals surface area (Å²) in [5.74, 6) is 0. The van der Waals surface area contributed by atoms with E-state index in [0.717, 1.165) is 11.8 Å². The van der Waals surface area contributed by atoms with Crippen LogP contribution in [-0.2, 0) is 0 Å². The Labute approximate surface area is 108 Å². The van der Waals surface area contributed by atoms with Crippen molar-refractivity contribution in [3.8, 4) is 0 Å². The minimum Gasteiger partial charge on any atom is -0.281 e. The predicted octanol–water partition coefficient (Wildman–Crippen LogP) is 3.53. The van der Waals surface area contributed by atoms with Crippen molar-refractivity contribution >= 4 is 22.6 Å². The van der Waals surface area contributed by atoms with Gasteiger partial charge in [-0.2, -0.15) is 0 Å². The van der Waals surface area contributed by atoms with E-state index < -0.39 is 4.92 Å². The van der Waals surface area contributed by atoms with Gasteiger partial charge in [0.15, 0.2) is 0 Å². The second-order valence-electron chi connectivity index (χ2n) is 3.51. The highest BCUT2D eigenvalue weighted by atomic mass is 32.2. The Morgan fingerprint density at radius 3 is 2.44 bits per heavy atom. The van der Waals surface area contributed by atoms with Crippen LogP contribution in [0.2, 0.25) is 0 Å². The number of hydrogen-bond acceptors (Lipinski definition) is 4. The first-order valence-corrected chi connectivity index (χ1v) is 6.00. The number of carbonyl (C=O) groups is 1. The van der Waals surface area contributed by atoms with E-state index in [1.54, 1.807) is 36.4 Å². The largest absolute Gasteiger partial charge is 0.281 e. The predicted molar refractivity (Wildman–Crippen MR) is 69.7 cm³/mol. The van der Waals surface area contributed by atoms with Gasteiger partial charge < -0.3 is 0 Å². The fraction of sp³-hybridized carbons (Fsp3) is 0. The Morgan fingerprint density at radius 1 is 1.06 bits per heavy atom. The molecule has 0 aliphatic carbocycles. The highest BCUT2D eigenvalue weighted by molar-refractivity contribution is 8.14. The van der Waals surface area contributed by atoms with Crippen molar-refractivity contribution in [3.63, 3.8) is 0 Å². The van der Waals surface area contributed by atoms with Crippen LogP contribution < -0.4 is 0 Å². The van der Waals surface area contributed by atoms with Gasteiger partial charge in [-0.25, -0.2) is 0 Å². The summed E-state index contributed by atoms with van der Waals surface area (Å²) >= 11 is 0.985. The maximum Gasteiger partial charge on any atom is 0.270 e. The van der Waals surface area contributed by atoms with Gasteiger partial charge in [0.1, 0.15) is 0 Å². The normalized spacial score (nSPS) is 10.0. The minimum absolute atomic E-state index is 0.0131. The van der Waals surface area contributed by atoms with Crippen molar-refractivity contribution < 1.29 is 9.72 Å². The number of nitro benzene ring substituents is 1. The molecule has 2 rings (SSSR count). The Kier molecular flexibility index (Phi) is 3.74. The summed E-state index contributed by atoms with van der Waals surface area (Å²) < 4.78 is 0. The Hall–Kier alpha value is -2.14. The van der Waals surface area contributed by atoms with Crippen LogP contribution in [0.4, 0.5) is 5.69 Å². The van der Waals surface area contributed by atoms with Crippen LogP contribution in [0.3, 0.4) is 0 Å². The zero-order chi connectivity index (χ0) is 13.0. The SMILES string of the molecule is O=C(Sc1cccc([N+](=O)[O-])c1)c1ccccc1. The lowest BCUT2D eigenvalue weighted by atomic mass is 10.2. The summed E-state index contributed by atoms with van der Waals surface area (Å²) in [6.45, 7) is 0. The molecular formula is C13H9NO3S. The maximum absolute atomic E-state index is 11.9. The first kappa shape index (κ1) is 12.3. The van der Waals surface area contributed by atoms with Crippen LogP contribution in [0.1, 0.15) is 10.4 Å². The van der Waals surface area contributed by atoms with E-state index in [-0.39, 0.29) is 10.8 Å². The zero-order valence-corrected chi connectivity index (χ0v) is 10.1. The van der Waals surface area contributed by atoms with Gasteiger partial charge in [-0.05, 0) is 17.8 Å². The lowest BCUT2D eigenvalue weighted by molar-refractivity contribution is -0.385. The molecule has 0 radical (unpaired) electrons. The number of benzene rings is 2. The molecule has 0 bridgehead atoms. The van der Waals surface area contributed by atoms with Crippen molar-refractivity contribution in [1.29, 1.82) is 0 Å². The van der Waals surface area contributed by atoms with E-state index in [9.17, 15) is 14.9 Å². The third kappa shape index (κ3) is 2.95. The van der Waals surface area contributed by atoms with Crippen molar-refractivity contribution in [1.82, 2.24) is 0 Å². The molecule has 0 aromatic heterocycles. The van der Waals surface area contributed by atoms with E-state index in [4.69, 9.17) is 0 Å². The summed E-state index contributed by atoms with van der Waals surface area (Å²) in [4.78, 5) is 22.6. The molecule has 0 heterocycles. The van der Waals surface area contributed by atoms with Crippen LogP contribution in [-0.4, -0.2) is 10.0 Å². The average Bonchev–Trinajstić information content (AvgIpc) is 2.40. The number of thioether (sulfide) groups is 1. The molecule has 0 saturated heterocycles. The van der Waals surface area contributed by atoms with Gasteiger partial charge in [-0.3, -0.25) is 14.9 Å². The lowest BCUT2D eigenvalue weighted by Gasteiger charge is -2.00. The molecule has 2 aromatic carbocycles. The molecule has 90 valence electrons. The summed E-state index contributed by atoms with van der Waals surface area (Å²) in [5.41, 5.74) is 0.565. The Morgan fingerprint density at radius 2 is 1.78 bits per heavy atom. The molecule has 4 nitrogen and oxygen atoms in total. The molecule has 0 amide bonds. The molecule has 0 aliphatic heterocycles. The molecule has 0 unspecified atom stereocenters. The van der Waals surface area contributed by atoms with E-state index in [0.29, 0.717) is 10.5 Å². The molecular weight excluding hydrogens is 250 g/mol. The first-order valence-electron chi connectivity index (χ1n) is 5.18. The molecule has 0 saturated carbocycles. The first-order chi connectivity index (χ1) is 8.66. The average molecular weight is 259 g/mol. The summed E-state index contributed by atoms with van der Waals surface area (Å²) in [7, 11) is 0. The van der Waals surface area contributed by atoms with Crippen molar-refractivity contribution in [2.45, 2.75) is 4.90 Å². The number of nitro groups is 1. The smallest absolute Gasteiger partial charge is 0.270 e. The number of nitrogens with zero attached hydrogens (tertiary/aromatic N) is 1. The number of hydrogen-bond donors (Lipinski definition) is 0. The fourth-order valence-corrected chi connectivity index (χ4v) is 2.20. The topological polar surface area (TPSA) is 60.2 Å². The minimum atomic E-state index is -0.475. The van der Waals surface area contributed by atoms with Gasteiger partial charge >= 0.3 is 0 Å².